The number of carbonyl (C=O) groups is 1. The van der Waals surface area contributed by atoms with Crippen molar-refractivity contribution >= 4 is 5.91 Å². The van der Waals surface area contributed by atoms with Gasteiger partial charge in [0.2, 0.25) is 5.75 Å². The Morgan fingerprint density at radius 1 is 1.10 bits per heavy atom. The van der Waals surface area contributed by atoms with E-state index in [0.29, 0.717) is 46.3 Å². The summed E-state index contributed by atoms with van der Waals surface area (Å²) in [6, 6.07) is 5.12. The van der Waals surface area contributed by atoms with Crippen molar-refractivity contribution in [3.63, 3.8) is 0 Å². The molecule has 0 atom stereocenters. The van der Waals surface area contributed by atoms with Crippen LogP contribution in [0, 0.1) is 13.8 Å². The van der Waals surface area contributed by atoms with E-state index in [9.17, 15) is 9.59 Å². The van der Waals surface area contributed by atoms with Gasteiger partial charge in [0.05, 0.1) is 33.4 Å². The van der Waals surface area contributed by atoms with E-state index in [-0.39, 0.29) is 23.7 Å². The topological polar surface area (TPSA) is 120 Å². The maximum absolute atomic E-state index is 12.5. The highest BCUT2D eigenvalue weighted by Crippen LogP contribution is 2.40. The van der Waals surface area contributed by atoms with E-state index in [0.717, 1.165) is 0 Å². The van der Waals surface area contributed by atoms with Crippen LogP contribution in [0.4, 0.5) is 0 Å². The van der Waals surface area contributed by atoms with Crippen LogP contribution in [0.25, 0.3) is 11.3 Å². The third kappa shape index (κ3) is 4.52. The predicted octanol–water partition coefficient (Wildman–Crippen LogP) is 1.71. The number of carbonyl (C=O) groups excluding carboxylic acids is 1. The summed E-state index contributed by atoms with van der Waals surface area (Å²) < 4.78 is 17.5. The number of benzene rings is 1. The lowest BCUT2D eigenvalue weighted by atomic mass is 10.1. The number of hydrogen-bond donors (Lipinski definition) is 2. The molecule has 0 saturated heterocycles. The van der Waals surface area contributed by atoms with Crippen LogP contribution in [-0.4, -0.2) is 53.5 Å². The Morgan fingerprint density at radius 3 is 2.39 bits per heavy atom. The first kappa shape index (κ1) is 21.9. The maximum Gasteiger partial charge on any atom is 0.269 e. The molecule has 0 radical (unpaired) electrons. The van der Waals surface area contributed by atoms with E-state index in [1.807, 2.05) is 0 Å². The van der Waals surface area contributed by atoms with Crippen LogP contribution in [0.15, 0.2) is 29.3 Å². The molecule has 0 unspecified atom stereocenters. The minimum atomic E-state index is -0.337. The highest BCUT2D eigenvalue weighted by atomic mass is 16.5. The standard InChI is InChI=1S/C21H25N5O5/c1-12-13(2)23-11-26(21(12)28)7-6-22-20(27)16-10-15(24-25-16)14-8-17(29-3)19(31-5)18(9-14)30-4/h8-11H,6-7H2,1-5H3,(H,22,27)(H,24,25). The van der Waals surface area contributed by atoms with E-state index >= 15 is 0 Å². The molecular weight excluding hydrogens is 402 g/mol. The molecule has 0 saturated carbocycles. The van der Waals surface area contributed by atoms with Gasteiger partial charge in [-0.3, -0.25) is 19.3 Å². The maximum atomic E-state index is 12.5. The van der Waals surface area contributed by atoms with Crippen LogP contribution in [0.1, 0.15) is 21.7 Å². The predicted molar refractivity (Wildman–Crippen MR) is 114 cm³/mol. The van der Waals surface area contributed by atoms with Crippen molar-refractivity contribution in [2.45, 2.75) is 20.4 Å². The Balaban J connectivity index is 1.71. The number of aryl methyl sites for hydroxylation is 1. The number of rotatable bonds is 8. The molecule has 31 heavy (non-hydrogen) atoms. The molecule has 1 aromatic carbocycles. The summed E-state index contributed by atoms with van der Waals surface area (Å²) in [5.41, 5.74) is 2.69. The average molecular weight is 427 g/mol. The lowest BCUT2D eigenvalue weighted by molar-refractivity contribution is 0.0947. The molecule has 1 amide bonds. The monoisotopic (exact) mass is 427 g/mol. The SMILES string of the molecule is COc1cc(-c2cc(C(=O)NCCn3cnc(C)c(C)c3=O)[nH]n2)cc(OC)c1OC. The molecular formula is C21H25N5O5. The second kappa shape index (κ2) is 9.33. The van der Waals surface area contributed by atoms with Gasteiger partial charge < -0.3 is 19.5 Å². The van der Waals surface area contributed by atoms with Crippen LogP contribution >= 0.6 is 0 Å². The van der Waals surface area contributed by atoms with Crippen LogP contribution in [-0.2, 0) is 6.54 Å². The van der Waals surface area contributed by atoms with E-state index in [1.54, 1.807) is 32.0 Å². The van der Waals surface area contributed by atoms with Crippen molar-refractivity contribution in [2.24, 2.45) is 0 Å². The van der Waals surface area contributed by atoms with Crippen molar-refractivity contribution in [3.05, 3.63) is 51.8 Å². The number of aromatic amines is 1. The summed E-state index contributed by atoms with van der Waals surface area (Å²) in [5.74, 6) is 1.10. The van der Waals surface area contributed by atoms with E-state index in [1.165, 1.54) is 32.2 Å². The Morgan fingerprint density at radius 2 is 1.77 bits per heavy atom. The highest BCUT2D eigenvalue weighted by Gasteiger charge is 2.17. The molecule has 0 spiro atoms. The Hall–Kier alpha value is -3.82. The van der Waals surface area contributed by atoms with Gasteiger partial charge in [0.25, 0.3) is 11.5 Å². The first-order chi connectivity index (χ1) is 14.9. The van der Waals surface area contributed by atoms with E-state index < -0.39 is 0 Å². The molecule has 0 aliphatic heterocycles. The zero-order valence-electron chi connectivity index (χ0n) is 18.1. The van der Waals surface area contributed by atoms with Gasteiger partial charge in [0.15, 0.2) is 11.5 Å². The summed E-state index contributed by atoms with van der Waals surface area (Å²) in [4.78, 5) is 28.9. The second-order valence-corrected chi connectivity index (χ2v) is 6.79. The lowest BCUT2D eigenvalue weighted by Crippen LogP contribution is -2.32. The minimum absolute atomic E-state index is 0.118. The fraction of sp³-hybridized carbons (Fsp3) is 0.333. The second-order valence-electron chi connectivity index (χ2n) is 6.79. The van der Waals surface area contributed by atoms with Crippen molar-refractivity contribution in [1.29, 1.82) is 0 Å². The molecule has 0 aliphatic rings. The molecule has 164 valence electrons. The Kier molecular flexibility index (Phi) is 6.58. The molecule has 10 nitrogen and oxygen atoms in total. The highest BCUT2D eigenvalue weighted by molar-refractivity contribution is 5.93. The molecule has 2 heterocycles. The lowest BCUT2D eigenvalue weighted by Gasteiger charge is -2.13. The number of H-pyrrole nitrogens is 1. The normalized spacial score (nSPS) is 10.6. The largest absolute Gasteiger partial charge is 0.493 e. The molecule has 0 bridgehead atoms. The van der Waals surface area contributed by atoms with Gasteiger partial charge in [-0.25, -0.2) is 4.98 Å². The van der Waals surface area contributed by atoms with Crippen LogP contribution in [0.3, 0.4) is 0 Å². The summed E-state index contributed by atoms with van der Waals surface area (Å²) >= 11 is 0. The van der Waals surface area contributed by atoms with E-state index in [2.05, 4.69) is 20.5 Å². The van der Waals surface area contributed by atoms with Gasteiger partial charge in [0, 0.05) is 29.9 Å². The van der Waals surface area contributed by atoms with Gasteiger partial charge in [-0.1, -0.05) is 0 Å². The molecule has 2 aromatic heterocycles. The molecule has 3 rings (SSSR count). The first-order valence-corrected chi connectivity index (χ1v) is 9.56. The van der Waals surface area contributed by atoms with Gasteiger partial charge in [0.1, 0.15) is 5.69 Å². The average Bonchev–Trinajstić information content (AvgIpc) is 3.28. The molecule has 10 heteroatoms. The molecule has 0 fully saturated rings. The summed E-state index contributed by atoms with van der Waals surface area (Å²) in [6.45, 7) is 4.09. The molecule has 3 aromatic rings. The summed E-state index contributed by atoms with van der Waals surface area (Å²) in [6.07, 6.45) is 1.48. The zero-order valence-corrected chi connectivity index (χ0v) is 18.1. The number of ether oxygens (including phenoxy) is 3. The Bertz CT molecular complexity index is 1130. The quantitative estimate of drug-likeness (QED) is 0.561. The number of aromatic nitrogens is 4. The van der Waals surface area contributed by atoms with Crippen LogP contribution in [0.5, 0.6) is 17.2 Å². The summed E-state index contributed by atoms with van der Waals surface area (Å²) in [5, 5.41) is 9.71. The number of methoxy groups -OCH3 is 3. The van der Waals surface area contributed by atoms with Crippen molar-refractivity contribution in [1.82, 2.24) is 25.1 Å². The number of nitrogens with one attached hydrogen (secondary N) is 2. The van der Waals surface area contributed by atoms with Crippen molar-refractivity contribution in [2.75, 3.05) is 27.9 Å². The smallest absolute Gasteiger partial charge is 0.269 e. The zero-order chi connectivity index (χ0) is 22.5. The first-order valence-electron chi connectivity index (χ1n) is 9.56. The fourth-order valence-corrected chi connectivity index (χ4v) is 3.04. The fourth-order valence-electron chi connectivity index (χ4n) is 3.04. The van der Waals surface area contributed by atoms with Gasteiger partial charge in [-0.05, 0) is 32.0 Å². The van der Waals surface area contributed by atoms with Crippen LogP contribution < -0.4 is 25.1 Å². The van der Waals surface area contributed by atoms with Crippen molar-refractivity contribution in [3.8, 4) is 28.5 Å². The van der Waals surface area contributed by atoms with Crippen molar-refractivity contribution < 1.29 is 19.0 Å². The summed E-state index contributed by atoms with van der Waals surface area (Å²) in [7, 11) is 4.58. The van der Waals surface area contributed by atoms with Gasteiger partial charge >= 0.3 is 0 Å². The number of nitrogens with zero attached hydrogens (tertiary/aromatic N) is 3. The van der Waals surface area contributed by atoms with Crippen LogP contribution in [0.2, 0.25) is 0 Å². The number of amides is 1. The molecule has 2 N–H and O–H groups in total. The Labute approximate surface area is 179 Å². The van der Waals surface area contributed by atoms with E-state index in [4.69, 9.17) is 14.2 Å². The third-order valence-corrected chi connectivity index (χ3v) is 4.94. The van der Waals surface area contributed by atoms with Gasteiger partial charge in [-0.2, -0.15) is 5.10 Å². The third-order valence-electron chi connectivity index (χ3n) is 4.94. The van der Waals surface area contributed by atoms with Gasteiger partial charge in [-0.15, -0.1) is 0 Å². The molecule has 0 aliphatic carbocycles. The number of hydrogen-bond acceptors (Lipinski definition) is 7. The minimum Gasteiger partial charge on any atom is -0.493 e.